The van der Waals surface area contributed by atoms with E-state index in [0.29, 0.717) is 0 Å². The molecule has 4 aromatic heterocycles. The molecule has 0 amide bonds. The first-order valence-corrected chi connectivity index (χ1v) is 44.7. The molecule has 0 bridgehead atoms. The van der Waals surface area contributed by atoms with Crippen molar-refractivity contribution in [1.29, 1.82) is 0 Å². The summed E-state index contributed by atoms with van der Waals surface area (Å²) >= 11 is 0. The smallest absolute Gasteiger partial charge is 0.126 e. The van der Waals surface area contributed by atoms with Gasteiger partial charge in [-0.05, 0) is 182 Å². The van der Waals surface area contributed by atoms with Crippen molar-refractivity contribution >= 4 is 54.4 Å². The molecule has 132 heavy (non-hydrogen) atoms. The molecule has 19 aromatic carbocycles. The summed E-state index contributed by atoms with van der Waals surface area (Å²) in [5.41, 5.74) is 35.6. The van der Waals surface area contributed by atoms with Crippen LogP contribution >= 0.6 is 0 Å². The molecule has 0 spiro atoms. The van der Waals surface area contributed by atoms with E-state index in [1.807, 2.05) is 76.2 Å². The van der Waals surface area contributed by atoms with Crippen LogP contribution in [0.1, 0.15) is 23.3 Å². The third-order valence-electron chi connectivity index (χ3n) is 24.1. The van der Waals surface area contributed by atoms with Gasteiger partial charge in [0.25, 0.3) is 0 Å². The highest BCUT2D eigenvalue weighted by Crippen LogP contribution is 2.46. The Bertz CT molecular complexity index is 8020. The van der Waals surface area contributed by atoms with Gasteiger partial charge in [-0.3, -0.25) is 0 Å². The van der Waals surface area contributed by atoms with Gasteiger partial charge < -0.3 is 0 Å². The highest BCUT2D eigenvalue weighted by molar-refractivity contribution is 6.09. The molecule has 0 aliphatic rings. The topological polar surface area (TPSA) is 103 Å². The zero-order valence-corrected chi connectivity index (χ0v) is 73.6. The van der Waals surface area contributed by atoms with Gasteiger partial charge in [0.2, 0.25) is 0 Å². The Morgan fingerprint density at radius 2 is 0.439 bits per heavy atom. The highest BCUT2D eigenvalue weighted by Gasteiger charge is 2.23. The predicted octanol–water partition coefficient (Wildman–Crippen LogP) is 32.2. The normalized spacial score (nSPS) is 11.0. The molecule has 0 saturated heterocycles. The van der Waals surface area contributed by atoms with Crippen LogP contribution in [0.3, 0.4) is 0 Å². The second-order valence-electron chi connectivity index (χ2n) is 32.8. The van der Waals surface area contributed by atoms with Crippen molar-refractivity contribution in [2.24, 2.45) is 0 Å². The van der Waals surface area contributed by atoms with Crippen molar-refractivity contribution in [3.05, 3.63) is 496 Å². The van der Waals surface area contributed by atoms with Crippen molar-refractivity contribution in [3.63, 3.8) is 0 Å². The molecular weight excluding hydrogens is 1600 g/mol. The van der Waals surface area contributed by atoms with E-state index in [-0.39, 0.29) is 0 Å². The van der Waals surface area contributed by atoms with Crippen molar-refractivity contribution < 1.29 is 0 Å². The molecule has 8 heteroatoms. The van der Waals surface area contributed by atoms with E-state index in [9.17, 15) is 0 Å². The lowest BCUT2D eigenvalue weighted by Gasteiger charge is -2.16. The first-order valence-electron chi connectivity index (χ1n) is 44.7. The number of hydrogen-bond donors (Lipinski definition) is 0. The molecule has 0 atom stereocenters. The van der Waals surface area contributed by atoms with Crippen molar-refractivity contribution in [2.45, 2.75) is 27.7 Å². The number of hydrogen-bond acceptors (Lipinski definition) is 8. The fraction of sp³-hybridized carbons (Fsp3) is 0.0323. The lowest BCUT2D eigenvalue weighted by molar-refractivity contribution is 1.10. The molecule has 0 aliphatic heterocycles. The number of fused-ring (bicyclic) bond motifs is 5. The van der Waals surface area contributed by atoms with Gasteiger partial charge in [-0.25, -0.2) is 39.9 Å². The average Bonchev–Trinajstić information content (AvgIpc) is 0.762. The number of nitrogens with zero attached hydrogens (tertiary/aromatic N) is 8. The molecular formula is C124H90N8. The summed E-state index contributed by atoms with van der Waals surface area (Å²) in [5, 5.41) is 6.73. The Kier molecular flexibility index (Phi) is 24.0. The fourth-order valence-electron chi connectivity index (χ4n) is 17.8. The summed E-state index contributed by atoms with van der Waals surface area (Å²) in [7, 11) is 0. The van der Waals surface area contributed by atoms with Gasteiger partial charge in [0, 0.05) is 60.5 Å². The molecule has 0 N–H and O–H groups in total. The van der Waals surface area contributed by atoms with E-state index in [2.05, 4.69) is 425 Å². The molecule has 626 valence electrons. The van der Waals surface area contributed by atoms with E-state index in [4.69, 9.17) is 39.9 Å². The van der Waals surface area contributed by atoms with Gasteiger partial charge >= 0.3 is 0 Å². The Morgan fingerprint density at radius 1 is 0.136 bits per heavy atom. The van der Waals surface area contributed by atoms with E-state index in [1.165, 1.54) is 83.1 Å². The number of benzene rings is 19. The monoisotopic (exact) mass is 1690 g/mol. The fourth-order valence-corrected chi connectivity index (χ4v) is 17.8. The van der Waals surface area contributed by atoms with Crippen LogP contribution in [0.4, 0.5) is 0 Å². The van der Waals surface area contributed by atoms with Gasteiger partial charge in [0.15, 0.2) is 0 Å². The summed E-state index contributed by atoms with van der Waals surface area (Å²) in [5.74, 6) is 3.09. The number of rotatable bonds is 14. The minimum Gasteiger partial charge on any atom is -0.233 e. The zero-order chi connectivity index (χ0) is 89.1. The van der Waals surface area contributed by atoms with Crippen LogP contribution in [0.5, 0.6) is 0 Å². The quantitative estimate of drug-likeness (QED) is 0.106. The van der Waals surface area contributed by atoms with Crippen LogP contribution in [0, 0.1) is 27.7 Å². The summed E-state index contributed by atoms with van der Waals surface area (Å²) in [6.45, 7) is 7.88. The molecule has 0 saturated carbocycles. The van der Waals surface area contributed by atoms with Crippen LogP contribution in [0.25, 0.3) is 211 Å². The number of aryl methyl sites for hydroxylation is 4. The lowest BCUT2D eigenvalue weighted by atomic mass is 9.90. The van der Waals surface area contributed by atoms with E-state index in [1.54, 1.807) is 0 Å². The van der Waals surface area contributed by atoms with Crippen LogP contribution in [0.2, 0.25) is 0 Å². The van der Waals surface area contributed by atoms with Gasteiger partial charge in [0.1, 0.15) is 23.3 Å². The maximum atomic E-state index is 5.00. The van der Waals surface area contributed by atoms with E-state index in [0.717, 1.165) is 151 Å². The lowest BCUT2D eigenvalue weighted by Crippen LogP contribution is -1.97. The standard InChI is InChI=1S/2C33H24N2.C31H22N2.C27H20N2/c1-23-34-32(26-17-9-4-10-18-26)31-22-27(24-13-5-2-6-14-24)21-30(33(31)35-23)29-20-12-11-19-28(29)25-15-7-3-8-16-25;1-23-34-32(28-15-9-4-10-16-28)31-22-29(21-30(33(31)35-23)27-13-7-3-8-14-27)26-19-17-25(18-20-26)24-11-5-2-6-12-24;1-21-32-30-20-28(26-17-16-22-10-8-9-15-25(22)18-26)27(23-11-4-2-5-12-23)19-29(30)31(33-21)24-13-6-3-7-14-24;1-19-28-26(22-15-9-4-10-16-22)24-18-17-23(20-11-5-2-6-12-20)25(27(24)29-19)21-13-7-3-8-14-21/h2*2-22H,1H3;2-20H,1H3;2-18H,1H3. The second kappa shape index (κ2) is 38.2. The predicted molar refractivity (Wildman–Crippen MR) is 551 cm³/mol. The Labute approximate surface area is 769 Å². The molecule has 23 rings (SSSR count). The van der Waals surface area contributed by atoms with Crippen LogP contribution in [-0.4, -0.2) is 39.9 Å². The molecule has 0 aliphatic carbocycles. The van der Waals surface area contributed by atoms with Crippen molar-refractivity contribution in [2.75, 3.05) is 0 Å². The third-order valence-corrected chi connectivity index (χ3v) is 24.1. The molecule has 0 radical (unpaired) electrons. The maximum absolute atomic E-state index is 5.00. The van der Waals surface area contributed by atoms with E-state index < -0.39 is 0 Å². The Morgan fingerprint density at radius 3 is 0.902 bits per heavy atom. The first-order chi connectivity index (χ1) is 65.1. The summed E-state index contributed by atoms with van der Waals surface area (Å²) in [6, 6.07) is 166. The minimum absolute atomic E-state index is 0.766. The molecule has 23 aromatic rings. The van der Waals surface area contributed by atoms with Crippen LogP contribution in [-0.2, 0) is 0 Å². The van der Waals surface area contributed by atoms with Gasteiger partial charge in [-0.1, -0.05) is 425 Å². The van der Waals surface area contributed by atoms with Crippen LogP contribution in [0.15, 0.2) is 473 Å². The SMILES string of the molecule is Cc1nc(-c2ccccc2)c2cc(-c3ccc(-c4ccccc4)cc3)cc(-c3ccccc3)c2n1.Cc1nc(-c2ccccc2)c2cc(-c3ccccc3)c(-c3ccc4ccccc4c3)cc2n1.Cc1nc(-c2ccccc2)c2cc(-c3ccccc3)cc(-c3ccccc3-c3ccccc3)c2n1.Cc1nc(-c2ccccc2)c2ccc(-c3ccccc3)c(-c3ccccc3)c2n1. The summed E-state index contributed by atoms with van der Waals surface area (Å²) in [4.78, 5) is 39.1. The summed E-state index contributed by atoms with van der Waals surface area (Å²) in [6.07, 6.45) is 0. The second-order valence-corrected chi connectivity index (χ2v) is 32.8. The van der Waals surface area contributed by atoms with Crippen LogP contribution < -0.4 is 0 Å². The third kappa shape index (κ3) is 17.9. The van der Waals surface area contributed by atoms with Gasteiger partial charge in [-0.2, -0.15) is 0 Å². The van der Waals surface area contributed by atoms with Gasteiger partial charge in [-0.15, -0.1) is 0 Å². The molecule has 0 fully saturated rings. The largest absolute Gasteiger partial charge is 0.233 e. The first kappa shape index (κ1) is 83.0. The maximum Gasteiger partial charge on any atom is 0.126 e. The molecule has 0 unspecified atom stereocenters. The minimum atomic E-state index is 0.766. The highest BCUT2D eigenvalue weighted by atomic mass is 14.9. The van der Waals surface area contributed by atoms with Crippen molar-refractivity contribution in [1.82, 2.24) is 39.9 Å². The van der Waals surface area contributed by atoms with Crippen molar-refractivity contribution in [3.8, 4) is 156 Å². The van der Waals surface area contributed by atoms with Gasteiger partial charge in [0.05, 0.1) is 44.8 Å². The Hall–Kier alpha value is -17.2. The Balaban J connectivity index is 0.000000110. The molecule has 8 nitrogen and oxygen atoms in total. The summed E-state index contributed by atoms with van der Waals surface area (Å²) < 4.78 is 0. The van der Waals surface area contributed by atoms with E-state index >= 15 is 0 Å². The number of aromatic nitrogens is 8. The zero-order valence-electron chi connectivity index (χ0n) is 73.6. The molecule has 4 heterocycles. The average molecular weight is 1690 g/mol.